The zero-order valence-electron chi connectivity index (χ0n) is 41.9. The Morgan fingerprint density at radius 3 is 2.34 bits per heavy atom. The number of esters is 1. The van der Waals surface area contributed by atoms with E-state index in [0.29, 0.717) is 38.9 Å². The van der Waals surface area contributed by atoms with Crippen molar-refractivity contribution in [2.24, 2.45) is 23.7 Å². The van der Waals surface area contributed by atoms with Crippen LogP contribution in [0.1, 0.15) is 106 Å². The Balaban J connectivity index is 1.45. The van der Waals surface area contributed by atoms with Gasteiger partial charge >= 0.3 is 5.97 Å². The van der Waals surface area contributed by atoms with Crippen molar-refractivity contribution in [1.82, 2.24) is 34.7 Å². The van der Waals surface area contributed by atoms with E-state index in [9.17, 15) is 24.9 Å². The number of aromatic nitrogens is 4. The summed E-state index contributed by atoms with van der Waals surface area (Å²) in [6.45, 7) is 17.5. The Morgan fingerprint density at radius 1 is 0.940 bits per heavy atom. The quantitative estimate of drug-likeness (QED) is 0.120. The minimum atomic E-state index is -1.24. The van der Waals surface area contributed by atoms with E-state index in [0.717, 1.165) is 66.6 Å². The average Bonchev–Trinajstić information content (AvgIpc) is 3.77. The molecule has 15 heteroatoms. The molecule has 3 N–H and O–H groups in total. The number of benzene rings is 1. The number of carbonyl (C=O) groups is 2. The number of fused-ring (bicyclic) bond motifs is 1. The molecule has 2 aliphatic heterocycles. The summed E-state index contributed by atoms with van der Waals surface area (Å²) in [5, 5.41) is 44.7. The molecule has 4 heterocycles. The largest absolute Gasteiger partial charge is 0.462 e. The molecule has 0 unspecified atom stereocenters. The lowest BCUT2D eigenvalue weighted by Crippen LogP contribution is -2.63. The molecule has 5 rings (SSSR count). The number of aliphatic hydroxyl groups excluding tert-OH is 3. The summed E-state index contributed by atoms with van der Waals surface area (Å²) in [5.74, 6) is -2.13. The summed E-state index contributed by atoms with van der Waals surface area (Å²) in [7, 11) is 5.56. The molecule has 0 amide bonds. The van der Waals surface area contributed by atoms with Crippen LogP contribution in [0.2, 0.25) is 0 Å². The van der Waals surface area contributed by atoms with E-state index in [2.05, 4.69) is 45.0 Å². The molecule has 12 atom stereocenters. The van der Waals surface area contributed by atoms with Crippen LogP contribution in [0, 0.1) is 23.7 Å². The van der Waals surface area contributed by atoms with Crippen LogP contribution in [0.15, 0.2) is 66.5 Å². The Labute approximate surface area is 399 Å². The molecule has 2 aromatic heterocycles. The molecule has 372 valence electrons. The number of rotatable bonds is 18. The minimum absolute atomic E-state index is 0.0363. The standard InChI is InChI=1S/C52H81N7O8/c1-11-14-23-58(24-15-12-2)31-40-26-34(4)20-21-44(60)35(5)27-39(22-25-57(10)32-41-33-59(55-54-41)42-28-38-18-16-17-19-43(38)53-30-42)51(36(6)45(61)29-47(62)66-46(40)13-3)67-52-50(64)48(56(8)9)49(63)37(7)65-52/h16-21,26,28,30,33,35-37,39-40,45-46,48-52,61,63-64H,11-15,22-25,27,29,31-32H2,1-10H3/b21-20+,34-26+/t35-,36+,37-,39+,40-,45-,46-,48+,49-,50-,51-,52+/m1/s1. The summed E-state index contributed by atoms with van der Waals surface area (Å²) >= 11 is 0. The van der Waals surface area contributed by atoms with Crippen molar-refractivity contribution in [3.05, 3.63) is 72.2 Å². The Hall–Kier alpha value is -3.93. The van der Waals surface area contributed by atoms with Crippen LogP contribution in [0.3, 0.4) is 0 Å². The third-order valence-electron chi connectivity index (χ3n) is 13.8. The molecule has 3 aromatic rings. The van der Waals surface area contributed by atoms with Gasteiger partial charge in [-0.1, -0.05) is 88.6 Å². The van der Waals surface area contributed by atoms with Gasteiger partial charge in [0, 0.05) is 36.2 Å². The van der Waals surface area contributed by atoms with Crippen molar-refractivity contribution in [2.45, 2.75) is 155 Å². The van der Waals surface area contributed by atoms with Crippen LogP contribution in [-0.4, -0.2) is 158 Å². The van der Waals surface area contributed by atoms with Crippen molar-refractivity contribution in [1.29, 1.82) is 0 Å². The van der Waals surface area contributed by atoms with E-state index in [-0.39, 0.29) is 24.0 Å². The summed E-state index contributed by atoms with van der Waals surface area (Å²) in [6, 6.07) is 9.24. The molecule has 0 spiro atoms. The molecule has 1 fully saturated rings. The van der Waals surface area contributed by atoms with Gasteiger partial charge in [0.2, 0.25) is 0 Å². The van der Waals surface area contributed by atoms with E-state index in [1.807, 2.05) is 77.3 Å². The van der Waals surface area contributed by atoms with E-state index in [1.54, 1.807) is 42.9 Å². The highest BCUT2D eigenvalue weighted by Crippen LogP contribution is 2.35. The number of para-hydroxylation sites is 1. The normalized spacial score (nSPS) is 30.8. The van der Waals surface area contributed by atoms with Gasteiger partial charge in [-0.15, -0.1) is 5.10 Å². The zero-order valence-corrected chi connectivity index (χ0v) is 41.9. The first kappa shape index (κ1) is 54.0. The number of hydrogen-bond acceptors (Lipinski definition) is 14. The lowest BCUT2D eigenvalue weighted by Gasteiger charge is -2.46. The van der Waals surface area contributed by atoms with Crippen LogP contribution >= 0.6 is 0 Å². The predicted molar refractivity (Wildman–Crippen MR) is 261 cm³/mol. The maximum absolute atomic E-state index is 14.1. The number of cyclic esters (lactones) is 1. The van der Waals surface area contributed by atoms with E-state index in [4.69, 9.17) is 14.2 Å². The zero-order chi connectivity index (χ0) is 48.8. The van der Waals surface area contributed by atoms with Crippen molar-refractivity contribution in [3.63, 3.8) is 0 Å². The van der Waals surface area contributed by atoms with Gasteiger partial charge < -0.3 is 44.2 Å². The summed E-state index contributed by atoms with van der Waals surface area (Å²) in [5.41, 5.74) is 3.36. The molecule has 2 aliphatic rings. The first-order chi connectivity index (χ1) is 32.0. The summed E-state index contributed by atoms with van der Waals surface area (Å²) in [4.78, 5) is 39.0. The smallest absolute Gasteiger partial charge is 0.308 e. The molecule has 0 radical (unpaired) electrons. The molecule has 0 aliphatic carbocycles. The van der Waals surface area contributed by atoms with Crippen LogP contribution in [0.5, 0.6) is 0 Å². The Morgan fingerprint density at radius 2 is 1.66 bits per heavy atom. The molecular weight excluding hydrogens is 851 g/mol. The second-order valence-corrected chi connectivity index (χ2v) is 19.6. The number of pyridine rings is 1. The topological polar surface area (TPSA) is 176 Å². The SMILES string of the molecule is CCCCN(CCCC)C[C@H]1/C=C(C)/C=C/C(=O)[C@H](C)C[C@H](CCN(C)Cc2cn(-c3cnc4ccccc4c3)nn2)[C@H](O[C@@H]2O[C@H](C)[C@@H](O)[C@H](N(C)C)[C@H]2O)[C@@H](C)[C@H](O)CC(=O)O[C@@H]1CC. The Bertz CT molecular complexity index is 2050. The number of ketones is 1. The van der Waals surface area contributed by atoms with Gasteiger partial charge in [-0.2, -0.15) is 0 Å². The number of carbonyl (C=O) groups excluding carboxylic acids is 2. The Kier molecular flexibility index (Phi) is 21.1. The van der Waals surface area contributed by atoms with Gasteiger partial charge in [0.05, 0.1) is 66.2 Å². The highest BCUT2D eigenvalue weighted by molar-refractivity contribution is 5.91. The van der Waals surface area contributed by atoms with Crippen molar-refractivity contribution in [3.8, 4) is 5.69 Å². The third kappa shape index (κ3) is 15.3. The summed E-state index contributed by atoms with van der Waals surface area (Å²) < 4.78 is 21.1. The van der Waals surface area contributed by atoms with E-state index in [1.165, 1.54) is 0 Å². The second-order valence-electron chi connectivity index (χ2n) is 19.6. The first-order valence-corrected chi connectivity index (χ1v) is 24.8. The fourth-order valence-electron chi connectivity index (χ4n) is 9.64. The van der Waals surface area contributed by atoms with Gasteiger partial charge in [-0.3, -0.25) is 14.6 Å². The van der Waals surface area contributed by atoms with Gasteiger partial charge in [0.1, 0.15) is 12.2 Å². The maximum Gasteiger partial charge on any atom is 0.308 e. The average molecular weight is 932 g/mol. The summed E-state index contributed by atoms with van der Waals surface area (Å²) in [6.07, 6.45) is 8.34. The molecule has 1 aromatic carbocycles. The van der Waals surface area contributed by atoms with Gasteiger partial charge in [0.25, 0.3) is 0 Å². The highest BCUT2D eigenvalue weighted by atomic mass is 16.7. The number of nitrogens with zero attached hydrogens (tertiary/aromatic N) is 7. The second kappa shape index (κ2) is 26.2. The number of allylic oxidation sites excluding steroid dienone is 3. The third-order valence-corrected chi connectivity index (χ3v) is 13.8. The molecule has 15 nitrogen and oxygen atoms in total. The first-order valence-electron chi connectivity index (χ1n) is 24.8. The molecule has 67 heavy (non-hydrogen) atoms. The van der Waals surface area contributed by atoms with Crippen LogP contribution < -0.4 is 0 Å². The monoisotopic (exact) mass is 932 g/mol. The van der Waals surface area contributed by atoms with Crippen LogP contribution in [-0.2, 0) is 30.3 Å². The minimum Gasteiger partial charge on any atom is -0.462 e. The lowest BCUT2D eigenvalue weighted by atomic mass is 9.79. The fourth-order valence-corrected chi connectivity index (χ4v) is 9.64. The number of aliphatic hydroxyl groups is 3. The van der Waals surface area contributed by atoms with Crippen molar-refractivity contribution < 1.29 is 39.1 Å². The number of hydrogen-bond donors (Lipinski definition) is 3. The number of likely N-dealkylation sites (N-methyl/N-ethyl adjacent to an activating group) is 1. The molecule has 0 bridgehead atoms. The van der Waals surface area contributed by atoms with Gasteiger partial charge in [0.15, 0.2) is 12.1 Å². The predicted octanol–water partition coefficient (Wildman–Crippen LogP) is 6.37. The molecule has 0 saturated carbocycles. The lowest BCUT2D eigenvalue weighted by molar-refractivity contribution is -0.304. The van der Waals surface area contributed by atoms with Crippen LogP contribution in [0.25, 0.3) is 16.6 Å². The van der Waals surface area contributed by atoms with Crippen molar-refractivity contribution in [2.75, 3.05) is 47.3 Å². The van der Waals surface area contributed by atoms with E-state index < -0.39 is 66.8 Å². The molecular formula is C52H81N7O8. The van der Waals surface area contributed by atoms with E-state index >= 15 is 0 Å². The van der Waals surface area contributed by atoms with Gasteiger partial charge in [-0.25, -0.2) is 4.68 Å². The van der Waals surface area contributed by atoms with Crippen molar-refractivity contribution >= 4 is 22.7 Å². The van der Waals surface area contributed by atoms with Crippen LogP contribution in [0.4, 0.5) is 0 Å². The number of ether oxygens (including phenoxy) is 3. The highest BCUT2D eigenvalue weighted by Gasteiger charge is 2.47. The maximum atomic E-state index is 14.1. The fraction of sp³-hybridized carbons (Fsp3) is 0.673. The number of unbranched alkanes of at least 4 members (excludes halogenated alkanes) is 2. The molecule has 1 saturated heterocycles. The van der Waals surface area contributed by atoms with Gasteiger partial charge in [-0.05, 0) is 111 Å².